The number of nitrogens with zero attached hydrogens (tertiary/aromatic N) is 10. The molecule has 0 bridgehead atoms. The maximum atomic E-state index is 13.9. The SMILES string of the molecule is N#C/C=C/c1cc(Cl)cc(Oc2ccc(Cl)cc2OCCn2ccc(=O)[nH]c2=O)c1.N#C/C=C/c1cc(Cl)cc(Oc2ccc(F)cc2OCCn2ccc(=O)[nH]c2=O)c1.N#C/C=C/c1cc(Cl)cc(Oc2ccccc2OCCn2ccc(=O)[nH]c2=O)c1.N#C/C=C/c1cc(F)cc(Oc2ccc(Cl)cc2OCCn2ccc(=O)[nH]c2=O)c1.N#C/C=C/c1cc(F)cc(Oc2ccc(F)cc2OCCn2ccc(=O)[nH]c2=O)c1. The number of aromatic amines is 5. The number of halogens is 9. The summed E-state index contributed by atoms with van der Waals surface area (Å²) in [5.41, 5.74) is -2.20. The Bertz CT molecular complexity index is 7630. The van der Waals surface area contributed by atoms with Crippen molar-refractivity contribution in [2.24, 2.45) is 0 Å². The van der Waals surface area contributed by atoms with Crippen molar-refractivity contribution >= 4 is 88.4 Å². The molecule has 15 aromatic rings. The minimum atomic E-state index is -0.598. The lowest BCUT2D eigenvalue weighted by Crippen LogP contribution is -2.30. The van der Waals surface area contributed by atoms with Crippen molar-refractivity contribution in [3.8, 4) is 117 Å². The normalized spacial score (nSPS) is 10.7. The molecule has 35 nitrogen and oxygen atoms in total. The molecule has 0 aliphatic heterocycles. The van der Waals surface area contributed by atoms with Crippen molar-refractivity contribution in [1.82, 2.24) is 47.8 Å². The minimum absolute atomic E-state index is 0.0227. The van der Waals surface area contributed by atoms with Gasteiger partial charge in [-0.25, -0.2) is 41.5 Å². The van der Waals surface area contributed by atoms with Gasteiger partial charge in [0.2, 0.25) is 0 Å². The van der Waals surface area contributed by atoms with Crippen molar-refractivity contribution < 1.29 is 64.9 Å². The molecule has 44 heteroatoms. The number of H-pyrrole nitrogens is 5. The standard InChI is InChI=1S/C21H15Cl2N3O4.2C21H15ClFN3O4.C21H16ClN3O4.C21H15F2N3O4/c22-15-3-4-18(30-17-11-14(2-1-6-24)10-16(23)12-17)19(13-15)29-9-8-26-7-5-20(27)25-21(26)28;22-15-10-14(2-1-6-24)11-17(12-15)30-18-4-3-16(23)13-19(18)29-9-8-26-7-5-20(27)25-21(26)28;22-15-3-4-18(30-17-11-14(2-1-6-24)10-16(23)13-17)19(12-15)29-9-8-26-7-5-20(27)25-21(26)28;22-16-12-15(4-3-8-23)13-17(14-16)29-19-6-2-1-5-18(19)28-11-10-25-9-7-20(26)24-21(25)27;22-15-3-4-18(30-17-11-14(2-1-6-24)10-16(23)12-17)19(13-15)29-9-8-26-7-5-20(27)25-21(26)28/h3*1-5,7,10-13H,8-9H2,(H,25,27,28);1-7,9,12-14H,10-11H2,(H,24,26,27);1-5,7,10-13H,8-9H2,(H,25,27,28)/b3*2-1+;4-3+;2-1+. The Morgan fingerprint density at radius 3 is 0.732 bits per heavy atom. The Balaban J connectivity index is 0.000000177. The van der Waals surface area contributed by atoms with Gasteiger partial charge in [0.15, 0.2) is 57.5 Å². The van der Waals surface area contributed by atoms with E-state index in [2.05, 4.69) is 24.9 Å². The topological polar surface area (TPSA) is 486 Å². The summed E-state index contributed by atoms with van der Waals surface area (Å²) in [5, 5.41) is 45.4. The van der Waals surface area contributed by atoms with Gasteiger partial charge >= 0.3 is 28.4 Å². The van der Waals surface area contributed by atoms with E-state index in [0.717, 1.165) is 29.8 Å². The first-order chi connectivity index (χ1) is 71.8. The number of hydrogen-bond acceptors (Lipinski definition) is 25. The number of benzene rings is 10. The second-order valence-corrected chi connectivity index (χ2v) is 32.2. The number of nitriles is 5. The molecule has 15 rings (SSSR count). The Hall–Kier alpha value is -19.1. The molecule has 0 saturated carbocycles. The quantitative estimate of drug-likeness (QED) is 0.0182. The Morgan fingerprint density at radius 2 is 0.470 bits per heavy atom. The maximum absolute atomic E-state index is 13.9. The average Bonchev–Trinajstić information content (AvgIpc) is 0.930. The van der Waals surface area contributed by atoms with Crippen LogP contribution in [-0.2, 0) is 32.7 Å². The minimum Gasteiger partial charge on any atom is -0.488 e. The van der Waals surface area contributed by atoms with Gasteiger partial charge in [0.1, 0.15) is 85.1 Å². The van der Waals surface area contributed by atoms with E-state index >= 15 is 0 Å². The molecule has 0 unspecified atom stereocenters. The number of aromatic nitrogens is 10. The number of hydrogen-bond donors (Lipinski definition) is 5. The molecule has 10 aromatic carbocycles. The zero-order valence-corrected chi connectivity index (χ0v) is 80.8. The maximum Gasteiger partial charge on any atom is 0.328 e. The molecule has 0 amide bonds. The van der Waals surface area contributed by atoms with Gasteiger partial charge in [0.25, 0.3) is 27.8 Å². The summed E-state index contributed by atoms with van der Waals surface area (Å²) in [7, 11) is 0. The fourth-order valence-corrected chi connectivity index (χ4v) is 13.8. The summed E-state index contributed by atoms with van der Waals surface area (Å²) in [4.78, 5) is 125. The summed E-state index contributed by atoms with van der Waals surface area (Å²) >= 11 is 30.5. The van der Waals surface area contributed by atoms with E-state index in [-0.39, 0.29) is 106 Å². The van der Waals surface area contributed by atoms with Crippen LogP contribution in [0, 0.1) is 79.9 Å². The van der Waals surface area contributed by atoms with E-state index in [4.69, 9.17) is 132 Å². The first-order valence-corrected chi connectivity index (χ1v) is 45.3. The molecule has 0 radical (unpaired) electrons. The highest BCUT2D eigenvalue weighted by Gasteiger charge is 2.18. The number of ether oxygens (including phenoxy) is 10. The molecular formula is C105H76Cl5F4N15O20. The number of nitrogens with one attached hydrogen (secondary N) is 5. The lowest BCUT2D eigenvalue weighted by Gasteiger charge is -2.14. The van der Waals surface area contributed by atoms with Crippen molar-refractivity contribution in [2.45, 2.75) is 32.7 Å². The van der Waals surface area contributed by atoms with Gasteiger partial charge < -0.3 is 47.4 Å². The van der Waals surface area contributed by atoms with E-state index < -0.39 is 79.5 Å². The Morgan fingerprint density at radius 1 is 0.242 bits per heavy atom. The largest absolute Gasteiger partial charge is 0.488 e. The predicted octanol–water partition coefficient (Wildman–Crippen LogP) is 18.5. The molecule has 0 fully saturated rings. The highest BCUT2D eigenvalue weighted by Crippen LogP contribution is 2.41. The zero-order chi connectivity index (χ0) is 107. The number of para-hydroxylation sites is 2. The van der Waals surface area contributed by atoms with Crippen LogP contribution in [0.25, 0.3) is 30.4 Å². The number of rotatable bonds is 35. The van der Waals surface area contributed by atoms with Crippen LogP contribution in [0.4, 0.5) is 17.6 Å². The third kappa shape index (κ3) is 36.4. The van der Waals surface area contributed by atoms with Crippen molar-refractivity contribution in [3.05, 3.63) is 460 Å². The van der Waals surface area contributed by atoms with Gasteiger partial charge in [0, 0.05) is 153 Å². The van der Waals surface area contributed by atoms with Gasteiger partial charge in [-0.1, -0.05) is 70.1 Å². The van der Waals surface area contributed by atoms with Crippen LogP contribution in [0.5, 0.6) is 86.2 Å². The van der Waals surface area contributed by atoms with Crippen LogP contribution >= 0.6 is 58.0 Å². The average molecular weight is 2120 g/mol. The molecule has 149 heavy (non-hydrogen) atoms. The summed E-state index contributed by atoms with van der Waals surface area (Å²) < 4.78 is 119. The van der Waals surface area contributed by atoms with Crippen molar-refractivity contribution in [2.75, 3.05) is 33.0 Å². The van der Waals surface area contributed by atoms with Crippen LogP contribution < -0.4 is 104 Å². The van der Waals surface area contributed by atoms with Crippen molar-refractivity contribution in [3.63, 3.8) is 0 Å². The van der Waals surface area contributed by atoms with E-state index in [0.29, 0.717) is 93.4 Å². The van der Waals surface area contributed by atoms with Gasteiger partial charge in [-0.05, 0) is 198 Å². The van der Waals surface area contributed by atoms with E-state index in [1.807, 2.05) is 30.3 Å². The van der Waals surface area contributed by atoms with Gasteiger partial charge in [-0.15, -0.1) is 0 Å². The van der Waals surface area contributed by atoms with Gasteiger partial charge in [-0.3, -0.25) is 71.7 Å². The van der Waals surface area contributed by atoms with E-state index in [1.54, 1.807) is 133 Å². The number of allylic oxidation sites excluding steroid dienone is 5. The highest BCUT2D eigenvalue weighted by molar-refractivity contribution is 6.32. The summed E-state index contributed by atoms with van der Waals surface area (Å²) in [5.74, 6) is 2.27. The van der Waals surface area contributed by atoms with Gasteiger partial charge in [-0.2, -0.15) is 26.3 Å². The van der Waals surface area contributed by atoms with Crippen LogP contribution in [-0.4, -0.2) is 80.8 Å². The third-order valence-electron chi connectivity index (χ3n) is 19.3. The molecule has 5 aromatic heterocycles. The second kappa shape index (κ2) is 56.1. The van der Waals surface area contributed by atoms with Crippen LogP contribution in [0.2, 0.25) is 25.1 Å². The zero-order valence-electron chi connectivity index (χ0n) is 77.1. The summed E-state index contributed by atoms with van der Waals surface area (Å²) in [6, 6.07) is 62.5. The summed E-state index contributed by atoms with van der Waals surface area (Å²) in [6.07, 6.45) is 20.9. The molecule has 5 heterocycles. The molecular weight excluding hydrogens is 2040 g/mol. The third-order valence-corrected chi connectivity index (χ3v) is 20.4. The molecule has 0 aliphatic rings. The molecule has 5 N–H and O–H groups in total. The lowest BCUT2D eigenvalue weighted by molar-refractivity contribution is 0.281. The fourth-order valence-electron chi connectivity index (χ4n) is 12.7. The molecule has 754 valence electrons. The van der Waals surface area contributed by atoms with Crippen molar-refractivity contribution in [1.29, 1.82) is 26.3 Å². The first-order valence-electron chi connectivity index (χ1n) is 43.5. The Kier molecular flexibility index (Phi) is 41.5. The van der Waals surface area contributed by atoms with Crippen LogP contribution in [0.15, 0.2) is 328 Å². The molecule has 0 aliphatic carbocycles. The van der Waals surface area contributed by atoms with Gasteiger partial charge in [0.05, 0.1) is 63.1 Å². The smallest absolute Gasteiger partial charge is 0.328 e. The Labute approximate surface area is 864 Å². The highest BCUT2D eigenvalue weighted by atomic mass is 35.5. The molecule has 0 saturated heterocycles. The van der Waals surface area contributed by atoms with E-state index in [1.165, 1.54) is 175 Å². The molecule has 0 atom stereocenters. The monoisotopic (exact) mass is 2120 g/mol. The summed E-state index contributed by atoms with van der Waals surface area (Å²) in [6.45, 7) is 1.27. The fraction of sp³-hybridized carbons (Fsp3) is 0.0952. The van der Waals surface area contributed by atoms with Crippen LogP contribution in [0.3, 0.4) is 0 Å². The van der Waals surface area contributed by atoms with E-state index in [9.17, 15) is 65.5 Å². The second-order valence-electron chi connectivity index (χ2n) is 30.0. The lowest BCUT2D eigenvalue weighted by atomic mass is 10.2. The predicted molar refractivity (Wildman–Crippen MR) is 547 cm³/mol. The molecule has 0 spiro atoms. The first kappa shape index (κ1) is 110. The van der Waals surface area contributed by atoms with Crippen LogP contribution in [0.1, 0.15) is 27.8 Å².